The van der Waals surface area contributed by atoms with Gasteiger partial charge in [0.05, 0.1) is 19.7 Å². The molecule has 0 atom stereocenters. The zero-order valence-electron chi connectivity index (χ0n) is 17.6. The van der Waals surface area contributed by atoms with E-state index in [1.165, 1.54) is 0 Å². The second kappa shape index (κ2) is 12.4. The molecule has 0 aliphatic heterocycles. The van der Waals surface area contributed by atoms with E-state index in [2.05, 4.69) is 41.4 Å². The Bertz CT molecular complexity index is 761. The molecule has 32 heavy (non-hydrogen) atoms. The predicted molar refractivity (Wildman–Crippen MR) is 95.5 cm³/mol. The van der Waals surface area contributed by atoms with E-state index in [0.29, 0.717) is 12.2 Å². The third-order valence-corrected chi connectivity index (χ3v) is 4.01. The number of esters is 1. The van der Waals surface area contributed by atoms with Crippen molar-refractivity contribution in [3.05, 3.63) is 30.9 Å². The first-order chi connectivity index (χ1) is 14.6. The van der Waals surface area contributed by atoms with E-state index in [9.17, 15) is 45.4 Å². The Morgan fingerprint density at radius 1 is 1.06 bits per heavy atom. The summed E-state index contributed by atoms with van der Waals surface area (Å²) < 4.78 is 89.6. The highest BCUT2D eigenvalue weighted by Crippen LogP contribution is 2.46. The highest BCUT2D eigenvalue weighted by molar-refractivity contribution is 5.86. The van der Waals surface area contributed by atoms with E-state index in [0.717, 1.165) is 38.8 Å². The van der Waals surface area contributed by atoms with Crippen LogP contribution in [0, 0.1) is 0 Å². The normalized spacial score (nSPS) is 12.0. The summed E-state index contributed by atoms with van der Waals surface area (Å²) in [5.41, 5.74) is 0.469. The third kappa shape index (κ3) is 8.87. The zero-order valence-corrected chi connectivity index (χ0v) is 17.6. The molecular formula is C19H25F7N2O4. The van der Waals surface area contributed by atoms with E-state index >= 15 is 0 Å². The van der Waals surface area contributed by atoms with Crippen LogP contribution >= 0.6 is 0 Å². The minimum atomic E-state index is -6.64. The number of carboxylic acids is 1. The average molecular weight is 478 g/mol. The maximum atomic E-state index is 11.7. The average Bonchev–Trinajstić information content (AvgIpc) is 3.14. The van der Waals surface area contributed by atoms with Gasteiger partial charge in [0.25, 0.3) is 0 Å². The van der Waals surface area contributed by atoms with Gasteiger partial charge in [0.15, 0.2) is 0 Å². The zero-order chi connectivity index (χ0) is 25.2. The summed E-state index contributed by atoms with van der Waals surface area (Å²) in [5.74, 6) is -17.0. The van der Waals surface area contributed by atoms with Gasteiger partial charge in [-0.25, -0.2) is 13.9 Å². The predicted octanol–water partition coefficient (Wildman–Crippen LogP) is 3.04. The van der Waals surface area contributed by atoms with Crippen LogP contribution in [0.3, 0.4) is 0 Å². The van der Waals surface area contributed by atoms with Crippen LogP contribution in [0.25, 0.3) is 0 Å². The number of aromatic nitrogens is 2. The van der Waals surface area contributed by atoms with Gasteiger partial charge in [-0.15, -0.1) is 0 Å². The number of unbranched alkanes of at least 4 members (excludes halogenated alkanes) is 3. The van der Waals surface area contributed by atoms with Crippen molar-refractivity contribution in [2.24, 2.45) is 0 Å². The number of carbonyl (C=O) groups excluding carboxylic acids is 2. The molecule has 0 amide bonds. The molecule has 1 rings (SSSR count). The maximum Gasteiger partial charge on any atom is 0.460 e. The lowest BCUT2D eigenvalue weighted by molar-refractivity contribution is -0.696. The number of ether oxygens (including phenoxy) is 1. The number of aliphatic carboxylic acids is 1. The van der Waals surface area contributed by atoms with Gasteiger partial charge in [-0.2, -0.15) is 30.7 Å². The van der Waals surface area contributed by atoms with Gasteiger partial charge < -0.3 is 14.6 Å². The first kappa shape index (κ1) is 29.4. The molecule has 0 aliphatic rings. The van der Waals surface area contributed by atoms with Gasteiger partial charge in [0.2, 0.25) is 6.33 Å². The molecule has 0 fully saturated rings. The molecule has 1 aromatic heterocycles. The van der Waals surface area contributed by atoms with Crippen molar-refractivity contribution in [2.75, 3.05) is 6.61 Å². The summed E-state index contributed by atoms with van der Waals surface area (Å²) >= 11 is 0. The van der Waals surface area contributed by atoms with Gasteiger partial charge in [0.1, 0.15) is 18.4 Å². The first-order valence-corrected chi connectivity index (χ1v) is 9.49. The Morgan fingerprint density at radius 2 is 1.62 bits per heavy atom. The van der Waals surface area contributed by atoms with E-state index in [1.54, 1.807) is 6.92 Å². The Morgan fingerprint density at radius 3 is 2.03 bits per heavy atom. The lowest BCUT2D eigenvalue weighted by Crippen LogP contribution is -2.60. The molecule has 1 aromatic rings. The van der Waals surface area contributed by atoms with Crippen LogP contribution < -0.4 is 9.67 Å². The molecule has 0 saturated heterocycles. The highest BCUT2D eigenvalue weighted by Gasteiger charge is 2.73. The molecule has 6 nitrogen and oxygen atoms in total. The van der Waals surface area contributed by atoms with Gasteiger partial charge in [-0.1, -0.05) is 6.58 Å². The fourth-order valence-corrected chi connectivity index (χ4v) is 2.10. The van der Waals surface area contributed by atoms with Crippen LogP contribution in [0.1, 0.15) is 39.5 Å². The van der Waals surface area contributed by atoms with E-state index in [1.807, 2.05) is 0 Å². The van der Waals surface area contributed by atoms with E-state index in [4.69, 9.17) is 4.74 Å². The van der Waals surface area contributed by atoms with Crippen molar-refractivity contribution >= 4 is 11.9 Å². The SMILES string of the molecule is C=C(C)C(=O)OCCCCCC[n+]1ccn(CC)c1.O=C([O-])C(F)(F)C(F)(F)C(F)(F)F. The number of nitrogens with zero attached hydrogens (tertiary/aromatic N) is 2. The summed E-state index contributed by atoms with van der Waals surface area (Å²) in [4.78, 5) is 20.4. The molecule has 13 heteroatoms. The molecular weight excluding hydrogens is 453 g/mol. The molecule has 0 N–H and O–H groups in total. The van der Waals surface area contributed by atoms with Crippen LogP contribution in [-0.4, -0.2) is 41.1 Å². The second-order valence-corrected chi connectivity index (χ2v) is 6.75. The Kier molecular flexibility index (Phi) is 11.4. The van der Waals surface area contributed by atoms with Crippen LogP contribution in [0.15, 0.2) is 30.9 Å². The van der Waals surface area contributed by atoms with Crippen molar-refractivity contribution < 1.29 is 54.7 Å². The molecule has 0 aromatic carbocycles. The topological polar surface area (TPSA) is 75.2 Å². The van der Waals surface area contributed by atoms with Gasteiger partial charge >= 0.3 is 24.0 Å². The quantitative estimate of drug-likeness (QED) is 0.161. The minimum Gasteiger partial charge on any atom is -0.544 e. The summed E-state index contributed by atoms with van der Waals surface area (Å²) in [5, 5.41) is 9.27. The molecule has 0 bridgehead atoms. The number of alkyl halides is 7. The summed E-state index contributed by atoms with van der Waals surface area (Å²) in [6, 6.07) is 0. The number of carbonyl (C=O) groups is 2. The first-order valence-electron chi connectivity index (χ1n) is 9.49. The molecule has 184 valence electrons. The van der Waals surface area contributed by atoms with Crippen molar-refractivity contribution in [3.63, 3.8) is 0 Å². The molecule has 0 aliphatic carbocycles. The van der Waals surface area contributed by atoms with Crippen molar-refractivity contribution in [3.8, 4) is 0 Å². The minimum absolute atomic E-state index is 0.281. The summed E-state index contributed by atoms with van der Waals surface area (Å²) in [6.45, 7) is 9.92. The number of halogens is 7. The maximum absolute atomic E-state index is 11.7. The van der Waals surface area contributed by atoms with Crippen LogP contribution in [0.2, 0.25) is 0 Å². The Labute approximate surface area is 180 Å². The van der Waals surface area contributed by atoms with Gasteiger partial charge in [0, 0.05) is 5.57 Å². The lowest BCUT2D eigenvalue weighted by Gasteiger charge is -2.28. The molecule has 0 unspecified atom stereocenters. The van der Waals surface area contributed by atoms with E-state index in [-0.39, 0.29) is 5.97 Å². The van der Waals surface area contributed by atoms with Crippen LogP contribution in [0.4, 0.5) is 30.7 Å². The number of hydrogen-bond donors (Lipinski definition) is 0. The molecule has 0 radical (unpaired) electrons. The standard InChI is InChI=1S/C15H25N2O2.C4HF7O2/c1-4-16-10-11-17(13-16)9-7-5-6-8-12-19-15(18)14(2)3;5-2(6,1(12)13)3(7,8)4(9,10)11/h10-11,13H,2,4-9,12H2,1,3H3;(H,12,13)/q+1;/p-1. The summed E-state index contributed by atoms with van der Waals surface area (Å²) in [6.07, 6.45) is 4.04. The monoisotopic (exact) mass is 478 g/mol. The third-order valence-electron chi connectivity index (χ3n) is 4.01. The fraction of sp³-hybridized carbons (Fsp3) is 0.632. The number of imidazole rings is 1. The highest BCUT2D eigenvalue weighted by atomic mass is 19.4. The molecule has 1 heterocycles. The number of rotatable bonds is 11. The van der Waals surface area contributed by atoms with Crippen molar-refractivity contribution in [2.45, 2.75) is 70.6 Å². The second-order valence-electron chi connectivity index (χ2n) is 6.75. The smallest absolute Gasteiger partial charge is 0.460 e. The Hall–Kier alpha value is -2.60. The number of carboxylic acid groups (broad SMARTS) is 1. The van der Waals surface area contributed by atoms with Crippen molar-refractivity contribution in [1.82, 2.24) is 4.57 Å². The largest absolute Gasteiger partial charge is 0.544 e. The number of hydrogen-bond acceptors (Lipinski definition) is 4. The molecule has 0 saturated carbocycles. The van der Waals surface area contributed by atoms with Crippen molar-refractivity contribution in [1.29, 1.82) is 0 Å². The Balaban J connectivity index is 0.000000649. The van der Waals surface area contributed by atoms with Gasteiger partial charge in [-0.05, 0) is 39.5 Å². The number of aryl methyl sites for hydroxylation is 2. The fourth-order valence-electron chi connectivity index (χ4n) is 2.10. The van der Waals surface area contributed by atoms with Gasteiger partial charge in [-0.3, -0.25) is 0 Å². The summed E-state index contributed by atoms with van der Waals surface area (Å²) in [7, 11) is 0. The van der Waals surface area contributed by atoms with Crippen LogP contribution in [-0.2, 0) is 27.4 Å². The van der Waals surface area contributed by atoms with E-state index < -0.39 is 24.0 Å². The lowest BCUT2D eigenvalue weighted by atomic mass is 10.1. The van der Waals surface area contributed by atoms with Crippen LogP contribution in [0.5, 0.6) is 0 Å². The molecule has 0 spiro atoms.